The largest absolute Gasteiger partial charge is 0.492 e. The third kappa shape index (κ3) is 3.64. The van der Waals surface area contributed by atoms with E-state index in [9.17, 15) is 0 Å². The second-order valence-electron chi connectivity index (χ2n) is 3.66. The molecular formula is C13H13BrClNOS. The molecule has 0 saturated carbocycles. The maximum Gasteiger partial charge on any atom is 0.138 e. The second-order valence-corrected chi connectivity index (χ2v) is 5.98. The van der Waals surface area contributed by atoms with Crippen LogP contribution in [0.3, 0.4) is 0 Å². The summed E-state index contributed by atoms with van der Waals surface area (Å²) in [4.78, 5) is 1.27. The van der Waals surface area contributed by atoms with Gasteiger partial charge in [0, 0.05) is 27.0 Å². The van der Waals surface area contributed by atoms with Gasteiger partial charge in [-0.3, -0.25) is 0 Å². The van der Waals surface area contributed by atoms with Gasteiger partial charge in [0.05, 0.1) is 11.6 Å². The fourth-order valence-corrected chi connectivity index (χ4v) is 3.14. The summed E-state index contributed by atoms with van der Waals surface area (Å²) in [6.07, 6.45) is 0. The molecule has 96 valence electrons. The summed E-state index contributed by atoms with van der Waals surface area (Å²) in [7, 11) is 0. The van der Waals surface area contributed by atoms with Crippen LogP contribution in [0.5, 0.6) is 5.75 Å². The van der Waals surface area contributed by atoms with Crippen LogP contribution in [0, 0.1) is 0 Å². The van der Waals surface area contributed by atoms with Crippen molar-refractivity contribution in [2.45, 2.75) is 13.5 Å². The van der Waals surface area contributed by atoms with Crippen LogP contribution in [0.4, 0.5) is 5.69 Å². The number of nitrogens with one attached hydrogen (secondary N) is 1. The first-order chi connectivity index (χ1) is 8.69. The summed E-state index contributed by atoms with van der Waals surface area (Å²) < 4.78 is 6.51. The number of thiophene rings is 1. The molecule has 0 amide bonds. The van der Waals surface area contributed by atoms with Crippen molar-refractivity contribution in [1.82, 2.24) is 0 Å². The van der Waals surface area contributed by atoms with Crippen molar-refractivity contribution < 1.29 is 4.74 Å². The Morgan fingerprint density at radius 3 is 2.83 bits per heavy atom. The van der Waals surface area contributed by atoms with Gasteiger partial charge < -0.3 is 10.1 Å². The number of benzene rings is 1. The highest BCUT2D eigenvalue weighted by Gasteiger charge is 2.03. The van der Waals surface area contributed by atoms with E-state index in [0.29, 0.717) is 11.6 Å². The van der Waals surface area contributed by atoms with Crippen molar-refractivity contribution in [1.29, 1.82) is 0 Å². The zero-order valence-corrected chi connectivity index (χ0v) is 13.0. The van der Waals surface area contributed by atoms with Gasteiger partial charge in [0.1, 0.15) is 5.75 Å². The SMILES string of the molecule is CCOc1ccc(NCc2cc(Br)cs2)cc1Cl. The number of hydrogen-bond acceptors (Lipinski definition) is 3. The van der Waals surface area contributed by atoms with Crippen molar-refractivity contribution in [3.8, 4) is 5.75 Å². The molecule has 2 nitrogen and oxygen atoms in total. The van der Waals surface area contributed by atoms with Crippen molar-refractivity contribution in [2.24, 2.45) is 0 Å². The number of rotatable bonds is 5. The minimum absolute atomic E-state index is 0.621. The van der Waals surface area contributed by atoms with E-state index in [0.717, 1.165) is 22.5 Å². The lowest BCUT2D eigenvalue weighted by Crippen LogP contribution is -1.98. The molecule has 0 bridgehead atoms. The smallest absolute Gasteiger partial charge is 0.138 e. The van der Waals surface area contributed by atoms with Crippen LogP contribution in [0.25, 0.3) is 0 Å². The van der Waals surface area contributed by atoms with E-state index in [2.05, 4.69) is 32.7 Å². The van der Waals surface area contributed by atoms with Gasteiger partial charge in [0.25, 0.3) is 0 Å². The molecule has 0 atom stereocenters. The molecule has 0 saturated heterocycles. The van der Waals surface area contributed by atoms with Crippen LogP contribution >= 0.6 is 38.9 Å². The van der Waals surface area contributed by atoms with Crippen LogP contribution in [0.2, 0.25) is 5.02 Å². The Hall–Kier alpha value is -0.710. The molecule has 1 heterocycles. The van der Waals surface area contributed by atoms with Crippen molar-refractivity contribution in [2.75, 3.05) is 11.9 Å². The number of halogens is 2. The van der Waals surface area contributed by atoms with Crippen LogP contribution in [0.1, 0.15) is 11.8 Å². The fraction of sp³-hybridized carbons (Fsp3) is 0.231. The van der Waals surface area contributed by atoms with Crippen molar-refractivity contribution in [3.63, 3.8) is 0 Å². The van der Waals surface area contributed by atoms with E-state index in [-0.39, 0.29) is 0 Å². The molecule has 2 rings (SSSR count). The number of ether oxygens (including phenoxy) is 1. The van der Waals surface area contributed by atoms with Gasteiger partial charge in [-0.15, -0.1) is 11.3 Å². The lowest BCUT2D eigenvalue weighted by atomic mass is 10.3. The summed E-state index contributed by atoms with van der Waals surface area (Å²) in [5.41, 5.74) is 0.993. The molecule has 0 aliphatic rings. The standard InChI is InChI=1S/C13H13BrClNOS/c1-2-17-13-4-3-10(6-12(13)15)16-7-11-5-9(14)8-18-11/h3-6,8,16H,2,7H2,1H3. The van der Waals surface area contributed by atoms with E-state index in [1.165, 1.54) is 4.88 Å². The summed E-state index contributed by atoms with van der Waals surface area (Å²) >= 11 is 11.3. The maximum atomic E-state index is 6.12. The van der Waals surface area contributed by atoms with Gasteiger partial charge in [0.2, 0.25) is 0 Å². The van der Waals surface area contributed by atoms with Crippen LogP contribution in [-0.4, -0.2) is 6.61 Å². The molecule has 2 aromatic rings. The van der Waals surface area contributed by atoms with E-state index in [1.807, 2.05) is 25.1 Å². The highest BCUT2D eigenvalue weighted by molar-refractivity contribution is 9.10. The first kappa shape index (κ1) is 13.7. The Bertz CT molecular complexity index is 529. The van der Waals surface area contributed by atoms with Crippen molar-refractivity contribution >= 4 is 44.6 Å². The lowest BCUT2D eigenvalue weighted by Gasteiger charge is -2.09. The first-order valence-corrected chi connectivity index (χ1v) is 7.63. The Labute approximate surface area is 124 Å². The second kappa shape index (κ2) is 6.45. The fourth-order valence-electron chi connectivity index (χ4n) is 1.52. The summed E-state index contributed by atoms with van der Waals surface area (Å²) in [5.74, 6) is 0.726. The van der Waals surface area contributed by atoms with Gasteiger partial charge >= 0.3 is 0 Å². The quantitative estimate of drug-likeness (QED) is 0.806. The molecule has 1 aromatic heterocycles. The van der Waals surface area contributed by atoms with Crippen LogP contribution in [0.15, 0.2) is 34.1 Å². The van der Waals surface area contributed by atoms with Gasteiger partial charge in [0.15, 0.2) is 0 Å². The van der Waals surface area contributed by atoms with Gasteiger partial charge in [-0.2, -0.15) is 0 Å². The lowest BCUT2D eigenvalue weighted by molar-refractivity contribution is 0.340. The first-order valence-electron chi connectivity index (χ1n) is 5.58. The Balaban J connectivity index is 1.99. The minimum Gasteiger partial charge on any atom is -0.492 e. The predicted molar refractivity (Wildman–Crippen MR) is 82.0 cm³/mol. The van der Waals surface area contributed by atoms with E-state index in [4.69, 9.17) is 16.3 Å². The molecule has 1 aromatic carbocycles. The van der Waals surface area contributed by atoms with Gasteiger partial charge in [-0.25, -0.2) is 0 Å². The number of anilines is 1. The molecule has 0 unspecified atom stereocenters. The molecule has 5 heteroatoms. The van der Waals surface area contributed by atoms with Gasteiger partial charge in [-0.1, -0.05) is 11.6 Å². The number of hydrogen-bond donors (Lipinski definition) is 1. The predicted octanol–water partition coefficient (Wildman–Crippen LogP) is 5.17. The molecular weight excluding hydrogens is 334 g/mol. The highest BCUT2D eigenvalue weighted by Crippen LogP contribution is 2.28. The Morgan fingerprint density at radius 2 is 2.22 bits per heavy atom. The maximum absolute atomic E-state index is 6.12. The third-order valence-electron chi connectivity index (χ3n) is 2.32. The van der Waals surface area contributed by atoms with E-state index < -0.39 is 0 Å². The molecule has 1 N–H and O–H groups in total. The summed E-state index contributed by atoms with van der Waals surface area (Å²) in [5, 5.41) is 6.04. The van der Waals surface area contributed by atoms with E-state index in [1.54, 1.807) is 11.3 Å². The third-order valence-corrected chi connectivity index (χ3v) is 4.31. The highest BCUT2D eigenvalue weighted by atomic mass is 79.9. The normalized spacial score (nSPS) is 10.4. The average molecular weight is 347 g/mol. The molecule has 18 heavy (non-hydrogen) atoms. The Kier molecular flexibility index (Phi) is 4.92. The van der Waals surface area contributed by atoms with Crippen LogP contribution < -0.4 is 10.1 Å². The molecule has 0 spiro atoms. The summed E-state index contributed by atoms with van der Waals surface area (Å²) in [6, 6.07) is 7.85. The molecule has 0 aliphatic heterocycles. The topological polar surface area (TPSA) is 21.3 Å². The summed E-state index contributed by atoms with van der Waals surface area (Å²) in [6.45, 7) is 3.35. The van der Waals surface area contributed by atoms with Crippen LogP contribution in [-0.2, 0) is 6.54 Å². The van der Waals surface area contributed by atoms with Crippen molar-refractivity contribution in [3.05, 3.63) is 44.0 Å². The Morgan fingerprint density at radius 1 is 1.39 bits per heavy atom. The van der Waals surface area contributed by atoms with E-state index >= 15 is 0 Å². The molecule has 0 radical (unpaired) electrons. The minimum atomic E-state index is 0.621. The average Bonchev–Trinajstić information content (AvgIpc) is 2.76. The zero-order chi connectivity index (χ0) is 13.0. The molecule has 0 fully saturated rings. The van der Waals surface area contributed by atoms with Gasteiger partial charge in [-0.05, 0) is 47.1 Å². The monoisotopic (exact) mass is 345 g/mol. The molecule has 0 aliphatic carbocycles. The zero-order valence-electron chi connectivity index (χ0n) is 9.87.